The highest BCUT2D eigenvalue weighted by molar-refractivity contribution is 5.97. The van der Waals surface area contributed by atoms with Crippen LogP contribution in [0.5, 0.6) is 5.75 Å². The van der Waals surface area contributed by atoms with E-state index in [4.69, 9.17) is 0 Å². The lowest BCUT2D eigenvalue weighted by Gasteiger charge is -2.24. The zero-order valence-electron chi connectivity index (χ0n) is 13.0. The van der Waals surface area contributed by atoms with E-state index in [1.807, 2.05) is 7.05 Å². The third-order valence-corrected chi connectivity index (χ3v) is 3.86. The Labute approximate surface area is 133 Å². The second kappa shape index (κ2) is 7.36. The number of urea groups is 1. The van der Waals surface area contributed by atoms with E-state index in [1.165, 1.54) is 17.0 Å². The van der Waals surface area contributed by atoms with E-state index >= 15 is 0 Å². The van der Waals surface area contributed by atoms with E-state index < -0.39 is 12.7 Å². The van der Waals surface area contributed by atoms with Gasteiger partial charge in [-0.05, 0) is 31.2 Å². The predicted octanol–water partition coefficient (Wildman–Crippen LogP) is 0.243. The van der Waals surface area contributed by atoms with Gasteiger partial charge >= 0.3 is 12.6 Å². The van der Waals surface area contributed by atoms with Crippen molar-refractivity contribution in [3.63, 3.8) is 0 Å². The number of rotatable bonds is 6. The van der Waals surface area contributed by atoms with Crippen LogP contribution in [-0.2, 0) is 11.3 Å². The van der Waals surface area contributed by atoms with Gasteiger partial charge in [0.15, 0.2) is 6.04 Å². The largest absolute Gasteiger partial charge is 0.435 e. The number of nitrogens with one attached hydrogen (secondary N) is 2. The maximum Gasteiger partial charge on any atom is 0.387 e. The summed E-state index contributed by atoms with van der Waals surface area (Å²) < 4.78 is 28.5. The molecule has 2 rings (SSSR count). The van der Waals surface area contributed by atoms with E-state index in [0.29, 0.717) is 19.6 Å². The van der Waals surface area contributed by atoms with E-state index in [2.05, 4.69) is 10.1 Å². The van der Waals surface area contributed by atoms with Gasteiger partial charge in [-0.15, -0.1) is 0 Å². The van der Waals surface area contributed by atoms with E-state index in [9.17, 15) is 18.4 Å². The summed E-state index contributed by atoms with van der Waals surface area (Å²) >= 11 is 0. The zero-order valence-corrected chi connectivity index (χ0v) is 13.0. The number of likely N-dealkylation sites (N-methyl/N-ethyl adjacent to an activating group) is 1. The molecule has 6 nitrogen and oxygen atoms in total. The van der Waals surface area contributed by atoms with Gasteiger partial charge in [-0.2, -0.15) is 8.78 Å². The van der Waals surface area contributed by atoms with Gasteiger partial charge in [-0.25, -0.2) is 4.79 Å². The molecule has 1 aromatic carbocycles. The minimum Gasteiger partial charge on any atom is -0.435 e. The van der Waals surface area contributed by atoms with Crippen LogP contribution in [0.3, 0.4) is 0 Å². The first-order chi connectivity index (χ1) is 10.9. The number of amides is 3. The molecule has 1 aliphatic rings. The fourth-order valence-corrected chi connectivity index (χ4v) is 2.39. The summed E-state index contributed by atoms with van der Waals surface area (Å²) in [5.41, 5.74) is 0.884. The van der Waals surface area contributed by atoms with Gasteiger partial charge in [0.2, 0.25) is 0 Å². The number of imide groups is 1. The molecular weight excluding hydrogens is 308 g/mol. The third-order valence-electron chi connectivity index (χ3n) is 3.86. The lowest BCUT2D eigenvalue weighted by atomic mass is 10.1. The summed E-state index contributed by atoms with van der Waals surface area (Å²) in [7, 11) is 1.85. The molecule has 0 spiro atoms. The van der Waals surface area contributed by atoms with Crippen molar-refractivity contribution in [3.8, 4) is 5.75 Å². The number of halogens is 2. The van der Waals surface area contributed by atoms with Crippen molar-refractivity contribution in [3.05, 3.63) is 29.8 Å². The second-order valence-electron chi connectivity index (χ2n) is 5.49. The molecule has 0 saturated carbocycles. The Morgan fingerprint density at radius 2 is 2.04 bits per heavy atom. The molecule has 8 heteroatoms. The number of ether oxygens (including phenoxy) is 1. The highest BCUT2D eigenvalue weighted by atomic mass is 19.3. The van der Waals surface area contributed by atoms with Crippen molar-refractivity contribution >= 4 is 11.9 Å². The van der Waals surface area contributed by atoms with Crippen LogP contribution in [-0.4, -0.2) is 49.6 Å². The summed E-state index contributed by atoms with van der Waals surface area (Å²) in [5.74, 6) is -0.130. The summed E-state index contributed by atoms with van der Waals surface area (Å²) in [6, 6.07) is 5.55. The minimum absolute atomic E-state index is 0.0965. The first-order valence-corrected chi connectivity index (χ1v) is 7.33. The molecule has 1 saturated heterocycles. The van der Waals surface area contributed by atoms with Crippen molar-refractivity contribution in [2.45, 2.75) is 26.1 Å². The van der Waals surface area contributed by atoms with Crippen LogP contribution in [0.2, 0.25) is 0 Å². The van der Waals surface area contributed by atoms with Gasteiger partial charge in [0.05, 0.1) is 7.05 Å². The van der Waals surface area contributed by atoms with Crippen molar-refractivity contribution in [2.75, 3.05) is 20.1 Å². The molecule has 23 heavy (non-hydrogen) atoms. The lowest BCUT2D eigenvalue weighted by Crippen LogP contribution is -3.12. The Morgan fingerprint density at radius 3 is 2.57 bits per heavy atom. The second-order valence-corrected chi connectivity index (χ2v) is 5.49. The van der Waals surface area contributed by atoms with E-state index in [0.717, 1.165) is 10.5 Å². The van der Waals surface area contributed by atoms with Gasteiger partial charge in [-0.3, -0.25) is 9.69 Å². The Kier molecular flexibility index (Phi) is 5.49. The lowest BCUT2D eigenvalue weighted by molar-refractivity contribution is -0.908. The SMILES string of the molecule is C[C@H](C(=O)N1CCNC1=O)[NH+](C)Cc1ccc(OC(F)F)cc1. The number of carbonyl (C=O) groups excluding carboxylic acids is 2. The number of hydrogen-bond donors (Lipinski definition) is 2. The Morgan fingerprint density at radius 1 is 1.39 bits per heavy atom. The summed E-state index contributed by atoms with van der Waals surface area (Å²) in [4.78, 5) is 26.0. The van der Waals surface area contributed by atoms with Crippen molar-refractivity contribution in [2.24, 2.45) is 0 Å². The molecule has 1 aromatic rings. The predicted molar refractivity (Wildman–Crippen MR) is 78.2 cm³/mol. The molecule has 126 valence electrons. The maximum absolute atomic E-state index is 12.3. The maximum atomic E-state index is 12.3. The van der Waals surface area contributed by atoms with Crippen molar-refractivity contribution in [1.82, 2.24) is 10.2 Å². The topological polar surface area (TPSA) is 63.1 Å². The normalized spacial score (nSPS) is 17.1. The van der Waals surface area contributed by atoms with Gasteiger partial charge in [0.25, 0.3) is 5.91 Å². The molecule has 3 amide bonds. The Hall–Kier alpha value is -2.22. The number of alkyl halides is 2. The molecule has 1 unspecified atom stereocenters. The van der Waals surface area contributed by atoms with Gasteiger partial charge in [0.1, 0.15) is 12.3 Å². The first kappa shape index (κ1) is 17.1. The summed E-state index contributed by atoms with van der Waals surface area (Å²) in [6.07, 6.45) is 0. The molecule has 0 bridgehead atoms. The molecular formula is C15H20F2N3O3+. The summed E-state index contributed by atoms with van der Waals surface area (Å²) in [6.45, 7) is 0.296. The average Bonchev–Trinajstić information content (AvgIpc) is 2.93. The zero-order chi connectivity index (χ0) is 17.0. The fraction of sp³-hybridized carbons (Fsp3) is 0.467. The van der Waals surface area contributed by atoms with Crippen LogP contribution in [0.1, 0.15) is 12.5 Å². The standard InChI is InChI=1S/C15H19F2N3O3/c1-10(13(21)20-8-7-18-15(20)22)19(2)9-11-3-5-12(6-4-11)23-14(16)17/h3-6,10,14H,7-9H2,1-2H3,(H,18,22)/p+1/t10-/m1/s1. The highest BCUT2D eigenvalue weighted by Gasteiger charge is 2.33. The van der Waals surface area contributed by atoms with Crippen LogP contribution in [0.4, 0.5) is 13.6 Å². The average molecular weight is 328 g/mol. The summed E-state index contributed by atoms with van der Waals surface area (Å²) in [5, 5.41) is 2.60. The van der Waals surface area contributed by atoms with Gasteiger partial charge in [-0.1, -0.05) is 0 Å². The molecule has 1 aliphatic heterocycles. The Balaban J connectivity index is 1.93. The third kappa shape index (κ3) is 4.38. The molecule has 0 radical (unpaired) electrons. The van der Waals surface area contributed by atoms with Gasteiger partial charge < -0.3 is 15.0 Å². The van der Waals surface area contributed by atoms with Crippen LogP contribution >= 0.6 is 0 Å². The van der Waals surface area contributed by atoms with Crippen LogP contribution in [0.25, 0.3) is 0 Å². The van der Waals surface area contributed by atoms with Crippen LogP contribution < -0.4 is 15.0 Å². The molecule has 2 N–H and O–H groups in total. The molecule has 1 fully saturated rings. The van der Waals surface area contributed by atoms with Crippen LogP contribution in [0.15, 0.2) is 24.3 Å². The number of quaternary nitrogens is 1. The van der Waals surface area contributed by atoms with Crippen molar-refractivity contribution in [1.29, 1.82) is 0 Å². The smallest absolute Gasteiger partial charge is 0.387 e. The minimum atomic E-state index is -2.85. The number of nitrogens with zero attached hydrogens (tertiary/aromatic N) is 1. The number of benzene rings is 1. The van der Waals surface area contributed by atoms with Crippen molar-refractivity contribution < 1.29 is 28.0 Å². The monoisotopic (exact) mass is 328 g/mol. The van der Waals surface area contributed by atoms with Gasteiger partial charge in [0, 0.05) is 18.7 Å². The highest BCUT2D eigenvalue weighted by Crippen LogP contribution is 2.14. The quantitative estimate of drug-likeness (QED) is 0.787. The number of carbonyl (C=O) groups is 2. The van der Waals surface area contributed by atoms with E-state index in [1.54, 1.807) is 19.1 Å². The molecule has 0 aliphatic carbocycles. The van der Waals surface area contributed by atoms with Crippen LogP contribution in [0, 0.1) is 0 Å². The fourth-order valence-electron chi connectivity index (χ4n) is 2.39. The molecule has 2 atom stereocenters. The first-order valence-electron chi connectivity index (χ1n) is 7.33. The van der Waals surface area contributed by atoms with E-state index in [-0.39, 0.29) is 17.7 Å². The Bertz CT molecular complexity index is 566. The number of hydrogen-bond acceptors (Lipinski definition) is 3. The molecule has 0 aromatic heterocycles. The molecule has 1 heterocycles.